The van der Waals surface area contributed by atoms with Crippen LogP contribution in [0.25, 0.3) is 0 Å². The van der Waals surface area contributed by atoms with E-state index in [2.05, 4.69) is 11.9 Å². The Morgan fingerprint density at radius 2 is 2.33 bits per heavy atom. The van der Waals surface area contributed by atoms with E-state index in [1.165, 1.54) is 19.3 Å². The highest BCUT2D eigenvalue weighted by atomic mass is 16.5. The first-order chi connectivity index (χ1) is 10.2. The fourth-order valence-corrected chi connectivity index (χ4v) is 3.21. The van der Waals surface area contributed by atoms with E-state index in [4.69, 9.17) is 15.2 Å². The molecular formula is C17H26N2O2. The molecule has 1 saturated heterocycles. The molecule has 0 amide bonds. The first-order valence-corrected chi connectivity index (χ1v) is 8.20. The normalized spacial score (nSPS) is 25.3. The summed E-state index contributed by atoms with van der Waals surface area (Å²) in [5.74, 6) is 0.866. The van der Waals surface area contributed by atoms with Gasteiger partial charge in [0.2, 0.25) is 0 Å². The molecular weight excluding hydrogens is 264 g/mol. The Kier molecular flexibility index (Phi) is 4.45. The third kappa shape index (κ3) is 3.55. The summed E-state index contributed by atoms with van der Waals surface area (Å²) in [6, 6.07) is 4.25. The zero-order valence-electron chi connectivity index (χ0n) is 12.9. The molecule has 2 N–H and O–H groups in total. The largest absolute Gasteiger partial charge is 0.489 e. The molecule has 1 saturated carbocycles. The van der Waals surface area contributed by atoms with Gasteiger partial charge in [0.25, 0.3) is 0 Å². The molecule has 2 heterocycles. The number of aromatic nitrogens is 1. The van der Waals surface area contributed by atoms with Crippen LogP contribution in [0.3, 0.4) is 0 Å². The van der Waals surface area contributed by atoms with Gasteiger partial charge >= 0.3 is 0 Å². The molecule has 1 aromatic rings. The Morgan fingerprint density at radius 1 is 1.48 bits per heavy atom. The van der Waals surface area contributed by atoms with Crippen LogP contribution in [0, 0.1) is 0 Å². The molecule has 2 atom stereocenters. The molecule has 4 nitrogen and oxygen atoms in total. The van der Waals surface area contributed by atoms with Crippen LogP contribution in [0.5, 0.6) is 5.75 Å². The van der Waals surface area contributed by atoms with Crippen LogP contribution in [-0.2, 0) is 11.2 Å². The molecule has 4 heteroatoms. The van der Waals surface area contributed by atoms with Crippen LogP contribution in [-0.4, -0.2) is 29.3 Å². The number of ether oxygens (including phenoxy) is 2. The lowest BCUT2D eigenvalue weighted by Gasteiger charge is -2.46. The van der Waals surface area contributed by atoms with Crippen molar-refractivity contribution in [3.8, 4) is 5.75 Å². The third-order valence-corrected chi connectivity index (χ3v) is 4.81. The average Bonchev–Trinajstić information content (AvgIpc) is 2.48. The average molecular weight is 290 g/mol. The van der Waals surface area contributed by atoms with Crippen LogP contribution in [0.15, 0.2) is 18.3 Å². The predicted octanol–water partition coefficient (Wildman–Crippen LogP) is 2.84. The smallest absolute Gasteiger partial charge is 0.138 e. The van der Waals surface area contributed by atoms with Crippen molar-refractivity contribution < 1.29 is 9.47 Å². The molecule has 1 aromatic heterocycles. The Hall–Kier alpha value is -1.13. The first-order valence-electron chi connectivity index (χ1n) is 8.20. The summed E-state index contributed by atoms with van der Waals surface area (Å²) < 4.78 is 12.0. The van der Waals surface area contributed by atoms with Gasteiger partial charge in [-0.3, -0.25) is 4.98 Å². The SMILES string of the molecule is CCC(N)Cc1ccc(OC2CCOC3(CCC3)C2)cn1. The summed E-state index contributed by atoms with van der Waals surface area (Å²) in [5, 5.41) is 0. The van der Waals surface area contributed by atoms with Gasteiger partial charge in [-0.15, -0.1) is 0 Å². The van der Waals surface area contributed by atoms with Crippen molar-refractivity contribution in [2.45, 2.75) is 69.6 Å². The standard InChI is InChI=1S/C17H26N2O2/c1-2-13(18)10-14-4-5-16(12-19-14)21-15-6-9-20-17(11-15)7-3-8-17/h4-5,12-13,15H,2-3,6-11,18H2,1H3. The number of hydrogen-bond acceptors (Lipinski definition) is 4. The summed E-state index contributed by atoms with van der Waals surface area (Å²) in [6.45, 7) is 2.92. The minimum absolute atomic E-state index is 0.129. The van der Waals surface area contributed by atoms with Crippen molar-refractivity contribution in [2.75, 3.05) is 6.61 Å². The molecule has 3 rings (SSSR count). The van der Waals surface area contributed by atoms with Crippen molar-refractivity contribution in [1.29, 1.82) is 0 Å². The van der Waals surface area contributed by atoms with Gasteiger partial charge in [-0.1, -0.05) is 6.92 Å². The van der Waals surface area contributed by atoms with Crippen molar-refractivity contribution in [2.24, 2.45) is 5.73 Å². The van der Waals surface area contributed by atoms with Gasteiger partial charge in [0.1, 0.15) is 11.9 Å². The minimum Gasteiger partial charge on any atom is -0.489 e. The molecule has 0 radical (unpaired) electrons. The van der Waals surface area contributed by atoms with E-state index in [1.807, 2.05) is 18.3 Å². The van der Waals surface area contributed by atoms with Crippen molar-refractivity contribution >= 4 is 0 Å². The molecule has 0 aromatic carbocycles. The molecule has 2 unspecified atom stereocenters. The Balaban J connectivity index is 1.55. The summed E-state index contributed by atoms with van der Waals surface area (Å²) >= 11 is 0. The highest BCUT2D eigenvalue weighted by molar-refractivity contribution is 5.21. The molecule has 2 fully saturated rings. The fourth-order valence-electron chi connectivity index (χ4n) is 3.21. The lowest BCUT2D eigenvalue weighted by atomic mass is 9.74. The Morgan fingerprint density at radius 3 is 2.95 bits per heavy atom. The summed E-state index contributed by atoms with van der Waals surface area (Å²) in [5.41, 5.74) is 7.13. The van der Waals surface area contributed by atoms with Crippen LogP contribution < -0.4 is 10.5 Å². The van der Waals surface area contributed by atoms with Gasteiger partial charge in [-0.2, -0.15) is 0 Å². The summed E-state index contributed by atoms with van der Waals surface area (Å²) in [4.78, 5) is 4.47. The van der Waals surface area contributed by atoms with Crippen molar-refractivity contribution in [3.63, 3.8) is 0 Å². The Bertz CT molecular complexity index is 456. The van der Waals surface area contributed by atoms with Crippen LogP contribution in [0.4, 0.5) is 0 Å². The first kappa shape index (κ1) is 14.8. The predicted molar refractivity (Wildman–Crippen MR) is 82.4 cm³/mol. The van der Waals surface area contributed by atoms with Crippen LogP contribution in [0.2, 0.25) is 0 Å². The number of nitrogens with zero attached hydrogens (tertiary/aromatic N) is 1. The topological polar surface area (TPSA) is 57.4 Å². The second-order valence-corrected chi connectivity index (χ2v) is 6.48. The van der Waals surface area contributed by atoms with E-state index >= 15 is 0 Å². The van der Waals surface area contributed by atoms with E-state index in [0.29, 0.717) is 0 Å². The molecule has 0 bridgehead atoms. The van der Waals surface area contributed by atoms with E-state index in [0.717, 1.165) is 43.7 Å². The van der Waals surface area contributed by atoms with Gasteiger partial charge < -0.3 is 15.2 Å². The van der Waals surface area contributed by atoms with E-state index in [9.17, 15) is 0 Å². The van der Waals surface area contributed by atoms with E-state index < -0.39 is 0 Å². The van der Waals surface area contributed by atoms with E-state index in [-0.39, 0.29) is 17.7 Å². The molecule has 116 valence electrons. The highest BCUT2D eigenvalue weighted by Gasteiger charge is 2.43. The van der Waals surface area contributed by atoms with E-state index in [1.54, 1.807) is 0 Å². The maximum atomic E-state index is 6.10. The Labute approximate surface area is 127 Å². The molecule has 1 aliphatic carbocycles. The third-order valence-electron chi connectivity index (χ3n) is 4.81. The molecule has 2 aliphatic rings. The lowest BCUT2D eigenvalue weighted by Crippen LogP contribution is -2.48. The van der Waals surface area contributed by atoms with Gasteiger partial charge in [-0.25, -0.2) is 0 Å². The number of hydrogen-bond donors (Lipinski definition) is 1. The zero-order chi connectivity index (χ0) is 14.7. The summed E-state index contributed by atoms with van der Waals surface area (Å²) in [6.07, 6.45) is 9.59. The van der Waals surface area contributed by atoms with Crippen molar-refractivity contribution in [3.05, 3.63) is 24.0 Å². The highest BCUT2D eigenvalue weighted by Crippen LogP contribution is 2.43. The molecule has 21 heavy (non-hydrogen) atoms. The number of nitrogens with two attached hydrogens (primary N) is 1. The fraction of sp³-hybridized carbons (Fsp3) is 0.706. The quantitative estimate of drug-likeness (QED) is 0.906. The maximum absolute atomic E-state index is 6.10. The van der Waals surface area contributed by atoms with Gasteiger partial charge in [0.15, 0.2) is 0 Å². The second kappa shape index (κ2) is 6.32. The monoisotopic (exact) mass is 290 g/mol. The van der Waals surface area contributed by atoms with Gasteiger partial charge in [-0.05, 0) is 37.8 Å². The van der Waals surface area contributed by atoms with Gasteiger partial charge in [0, 0.05) is 31.0 Å². The van der Waals surface area contributed by atoms with Crippen molar-refractivity contribution in [1.82, 2.24) is 4.98 Å². The van der Waals surface area contributed by atoms with Gasteiger partial charge in [0.05, 0.1) is 18.4 Å². The second-order valence-electron chi connectivity index (χ2n) is 6.48. The molecule has 1 spiro atoms. The number of pyridine rings is 1. The van der Waals surface area contributed by atoms with Crippen LogP contribution in [0.1, 0.15) is 51.1 Å². The van der Waals surface area contributed by atoms with Crippen LogP contribution >= 0.6 is 0 Å². The summed E-state index contributed by atoms with van der Waals surface area (Å²) in [7, 11) is 0. The molecule has 1 aliphatic heterocycles. The number of rotatable bonds is 5. The minimum atomic E-state index is 0.129. The zero-order valence-corrected chi connectivity index (χ0v) is 12.9. The lowest BCUT2D eigenvalue weighted by molar-refractivity contribution is -0.153. The maximum Gasteiger partial charge on any atom is 0.138 e.